The van der Waals surface area contributed by atoms with E-state index in [1.54, 1.807) is 45.9 Å². The molecule has 3 amide bonds. The Labute approximate surface area is 223 Å². The van der Waals surface area contributed by atoms with Gasteiger partial charge in [0.2, 0.25) is 11.8 Å². The average Bonchev–Trinajstić information content (AvgIpc) is 2.75. The molecule has 0 heterocycles. The van der Waals surface area contributed by atoms with Crippen LogP contribution in [0.15, 0.2) is 18.2 Å². The van der Waals surface area contributed by atoms with Crippen LogP contribution in [0, 0.1) is 12.8 Å². The number of aryl methyl sites for hydroxylation is 1. The van der Waals surface area contributed by atoms with E-state index in [0.29, 0.717) is 30.5 Å². The first-order valence-electron chi connectivity index (χ1n) is 13.6. The summed E-state index contributed by atoms with van der Waals surface area (Å²) in [5.74, 6) is -0.666. The van der Waals surface area contributed by atoms with Crippen molar-refractivity contribution in [1.29, 1.82) is 0 Å². The zero-order chi connectivity index (χ0) is 28.3. The van der Waals surface area contributed by atoms with Crippen molar-refractivity contribution in [3.63, 3.8) is 0 Å². The fourth-order valence-electron chi connectivity index (χ4n) is 4.13. The third-order valence-electron chi connectivity index (χ3n) is 5.79. The molecule has 210 valence electrons. The van der Waals surface area contributed by atoms with Gasteiger partial charge < -0.3 is 25.4 Å². The van der Waals surface area contributed by atoms with Crippen LogP contribution in [0.4, 0.5) is 4.79 Å². The number of phenols is 1. The summed E-state index contributed by atoms with van der Waals surface area (Å²) in [5, 5.41) is 16.6. The molecule has 3 N–H and O–H groups in total. The van der Waals surface area contributed by atoms with Crippen LogP contribution in [0.3, 0.4) is 0 Å². The van der Waals surface area contributed by atoms with Gasteiger partial charge in [-0.25, -0.2) is 4.79 Å². The highest BCUT2D eigenvalue weighted by Gasteiger charge is 2.37. The summed E-state index contributed by atoms with van der Waals surface area (Å²) in [6, 6.07) is 3.11. The van der Waals surface area contributed by atoms with E-state index in [1.807, 2.05) is 27.7 Å². The number of alkyl carbamates (subject to hydrolysis) is 1. The largest absolute Gasteiger partial charge is 0.507 e. The lowest BCUT2D eigenvalue weighted by Crippen LogP contribution is -2.54. The van der Waals surface area contributed by atoms with Crippen LogP contribution in [-0.2, 0) is 14.3 Å². The van der Waals surface area contributed by atoms with E-state index >= 15 is 0 Å². The molecule has 0 radical (unpaired) electrons. The second-order valence-corrected chi connectivity index (χ2v) is 11.5. The molecule has 1 rings (SSSR count). The van der Waals surface area contributed by atoms with E-state index in [9.17, 15) is 19.5 Å². The van der Waals surface area contributed by atoms with Gasteiger partial charge in [0.1, 0.15) is 23.4 Å². The van der Waals surface area contributed by atoms with Crippen LogP contribution in [-0.4, -0.2) is 52.1 Å². The molecule has 1 aromatic carbocycles. The van der Waals surface area contributed by atoms with Gasteiger partial charge in [0.05, 0.1) is 0 Å². The summed E-state index contributed by atoms with van der Waals surface area (Å²) in [5.41, 5.74) is 0.258. The summed E-state index contributed by atoms with van der Waals surface area (Å²) in [6.45, 7) is 17.1. The summed E-state index contributed by atoms with van der Waals surface area (Å²) in [4.78, 5) is 41.9. The fraction of sp³-hybridized carbons (Fsp3) is 0.690. The molecule has 8 heteroatoms. The summed E-state index contributed by atoms with van der Waals surface area (Å²) in [7, 11) is 0. The molecule has 0 fully saturated rings. The zero-order valence-electron chi connectivity index (χ0n) is 24.3. The Balaban J connectivity index is 3.55. The lowest BCUT2D eigenvalue weighted by molar-refractivity contribution is -0.143. The summed E-state index contributed by atoms with van der Waals surface area (Å²) >= 11 is 0. The van der Waals surface area contributed by atoms with E-state index in [1.165, 1.54) is 4.90 Å². The third-order valence-corrected chi connectivity index (χ3v) is 5.79. The summed E-state index contributed by atoms with van der Waals surface area (Å²) < 4.78 is 5.43. The van der Waals surface area contributed by atoms with Crippen molar-refractivity contribution in [3.05, 3.63) is 29.3 Å². The van der Waals surface area contributed by atoms with Crippen molar-refractivity contribution in [3.8, 4) is 5.75 Å². The minimum atomic E-state index is -1.05. The van der Waals surface area contributed by atoms with Gasteiger partial charge in [-0.05, 0) is 65.9 Å². The van der Waals surface area contributed by atoms with Gasteiger partial charge in [0.25, 0.3) is 0 Å². The molecule has 8 nitrogen and oxygen atoms in total. The highest BCUT2D eigenvalue weighted by atomic mass is 16.6. The van der Waals surface area contributed by atoms with Gasteiger partial charge in [-0.15, -0.1) is 0 Å². The maximum Gasteiger partial charge on any atom is 0.408 e. The van der Waals surface area contributed by atoms with Crippen molar-refractivity contribution >= 4 is 17.9 Å². The number of aromatic hydroxyl groups is 1. The van der Waals surface area contributed by atoms with E-state index in [0.717, 1.165) is 19.3 Å². The maximum atomic E-state index is 14.1. The normalized spacial score (nSPS) is 13.3. The number of rotatable bonds is 13. The first-order valence-corrected chi connectivity index (χ1v) is 13.6. The average molecular weight is 520 g/mol. The van der Waals surface area contributed by atoms with Crippen LogP contribution < -0.4 is 10.6 Å². The predicted molar refractivity (Wildman–Crippen MR) is 147 cm³/mol. The van der Waals surface area contributed by atoms with E-state index in [4.69, 9.17) is 4.74 Å². The van der Waals surface area contributed by atoms with Crippen molar-refractivity contribution in [2.24, 2.45) is 5.92 Å². The molecular weight excluding hydrogens is 470 g/mol. The molecule has 0 aliphatic carbocycles. The molecule has 0 aromatic heterocycles. The van der Waals surface area contributed by atoms with E-state index in [2.05, 4.69) is 17.6 Å². The van der Waals surface area contributed by atoms with E-state index in [-0.39, 0.29) is 29.5 Å². The number of unbranched alkanes of at least 4 members (excludes halogenated alkanes) is 3. The highest BCUT2D eigenvalue weighted by Crippen LogP contribution is 2.33. The first-order chi connectivity index (χ1) is 17.2. The Morgan fingerprint density at radius 2 is 1.68 bits per heavy atom. The number of carbonyl (C=O) groups excluding carboxylic acids is 3. The number of nitrogens with zero attached hydrogens (tertiary/aromatic N) is 1. The highest BCUT2D eigenvalue weighted by molar-refractivity contribution is 5.92. The SMILES string of the molecule is CCCCCCN(C(=O)C(CC(C)C)NC(=O)OC(C)(C)C)C(C(=O)NC(C)C)c1cccc(C)c1O. The Hall–Kier alpha value is -2.77. The van der Waals surface area contributed by atoms with Gasteiger partial charge in [0.15, 0.2) is 0 Å². The number of carbonyl (C=O) groups is 3. The molecule has 0 saturated heterocycles. The lowest BCUT2D eigenvalue weighted by Gasteiger charge is -2.35. The lowest BCUT2D eigenvalue weighted by atomic mass is 9.96. The first kappa shape index (κ1) is 32.3. The number of hydrogen-bond donors (Lipinski definition) is 3. The molecule has 2 atom stereocenters. The van der Waals surface area contributed by atoms with Gasteiger partial charge in [-0.3, -0.25) is 9.59 Å². The monoisotopic (exact) mass is 519 g/mol. The molecule has 0 aliphatic heterocycles. The van der Waals surface area contributed by atoms with Gasteiger partial charge in [-0.2, -0.15) is 0 Å². The minimum Gasteiger partial charge on any atom is -0.507 e. The van der Waals surface area contributed by atoms with Crippen molar-refractivity contribution in [2.45, 2.75) is 118 Å². The number of ether oxygens (including phenoxy) is 1. The van der Waals surface area contributed by atoms with Crippen LogP contribution in [0.25, 0.3) is 0 Å². The second-order valence-electron chi connectivity index (χ2n) is 11.5. The van der Waals surface area contributed by atoms with Crippen molar-refractivity contribution < 1.29 is 24.2 Å². The van der Waals surface area contributed by atoms with Crippen LogP contribution in [0.2, 0.25) is 0 Å². The molecule has 37 heavy (non-hydrogen) atoms. The zero-order valence-corrected chi connectivity index (χ0v) is 24.3. The van der Waals surface area contributed by atoms with Gasteiger partial charge in [0, 0.05) is 18.2 Å². The fourth-order valence-corrected chi connectivity index (χ4v) is 4.13. The Morgan fingerprint density at radius 1 is 1.03 bits per heavy atom. The topological polar surface area (TPSA) is 108 Å². The standard InChI is InChI=1S/C29H49N3O5/c1-10-11-12-13-17-32(27(35)23(18-19(2)3)31-28(36)37-29(7,8)9)24(26(34)30-20(4)5)22-16-14-15-21(6)25(22)33/h14-16,19-20,23-24,33H,10-13,17-18H2,1-9H3,(H,30,34)(H,31,36). The van der Waals surface area contributed by atoms with Crippen LogP contribution in [0.5, 0.6) is 5.75 Å². The smallest absolute Gasteiger partial charge is 0.408 e. The molecule has 0 spiro atoms. The van der Waals surface area contributed by atoms with E-state index < -0.39 is 23.8 Å². The Bertz CT molecular complexity index is 892. The maximum absolute atomic E-state index is 14.1. The number of amides is 3. The van der Waals surface area contributed by atoms with Crippen molar-refractivity contribution in [2.75, 3.05) is 6.54 Å². The number of hydrogen-bond acceptors (Lipinski definition) is 5. The molecule has 0 aliphatic rings. The number of para-hydroxylation sites is 1. The number of nitrogens with one attached hydrogen (secondary N) is 2. The van der Waals surface area contributed by atoms with Crippen LogP contribution >= 0.6 is 0 Å². The van der Waals surface area contributed by atoms with Gasteiger partial charge >= 0.3 is 6.09 Å². The quantitative estimate of drug-likeness (QED) is 0.293. The molecule has 0 saturated carbocycles. The Morgan fingerprint density at radius 3 is 2.22 bits per heavy atom. The minimum absolute atomic E-state index is 0.0155. The predicted octanol–water partition coefficient (Wildman–Crippen LogP) is 5.61. The van der Waals surface area contributed by atoms with Crippen molar-refractivity contribution in [1.82, 2.24) is 15.5 Å². The third kappa shape index (κ3) is 11.0. The molecule has 1 aromatic rings. The number of phenolic OH excluding ortho intramolecular Hbond substituents is 1. The molecule has 2 unspecified atom stereocenters. The second kappa shape index (κ2) is 14.8. The van der Waals surface area contributed by atoms with Gasteiger partial charge in [-0.1, -0.05) is 58.2 Å². The Kier molecular flexibility index (Phi) is 12.9. The molecular formula is C29H49N3O5. The van der Waals surface area contributed by atoms with Crippen LogP contribution in [0.1, 0.15) is 105 Å². The molecule has 0 bridgehead atoms. The summed E-state index contributed by atoms with van der Waals surface area (Å²) in [6.07, 6.45) is 3.32. The number of benzene rings is 1.